The molecule has 6 heteroatoms. The molecule has 1 atom stereocenters. The fraction of sp³-hybridized carbons (Fsp3) is 0.571. The number of thioether (sulfide) groups is 1. The van der Waals surface area contributed by atoms with Crippen LogP contribution in [-0.2, 0) is 16.6 Å². The summed E-state index contributed by atoms with van der Waals surface area (Å²) in [4.78, 5) is 0.390. The molecule has 0 saturated heterocycles. The summed E-state index contributed by atoms with van der Waals surface area (Å²) in [6.07, 6.45) is 4.36. The Labute approximate surface area is 125 Å². The SMILES string of the molecule is CSCC(C)NS(=O)(=O)c1ccccc1CNC1CC1. The minimum atomic E-state index is -3.44. The molecule has 0 spiro atoms. The molecule has 1 unspecified atom stereocenters. The number of hydrogen-bond donors (Lipinski definition) is 2. The van der Waals surface area contributed by atoms with E-state index in [0.717, 1.165) is 11.3 Å². The van der Waals surface area contributed by atoms with Gasteiger partial charge in [0.25, 0.3) is 0 Å². The summed E-state index contributed by atoms with van der Waals surface area (Å²) in [6.45, 7) is 2.50. The van der Waals surface area contributed by atoms with E-state index in [1.807, 2.05) is 25.3 Å². The predicted octanol–water partition coefficient (Wildman–Crippen LogP) is 1.97. The average molecular weight is 314 g/mol. The van der Waals surface area contributed by atoms with E-state index < -0.39 is 10.0 Å². The highest BCUT2D eigenvalue weighted by atomic mass is 32.2. The van der Waals surface area contributed by atoms with Crippen molar-refractivity contribution in [1.82, 2.24) is 10.0 Å². The minimum Gasteiger partial charge on any atom is -0.310 e. The zero-order chi connectivity index (χ0) is 14.6. The smallest absolute Gasteiger partial charge is 0.241 e. The molecule has 0 radical (unpaired) electrons. The molecule has 1 aliphatic carbocycles. The van der Waals surface area contributed by atoms with Gasteiger partial charge in [-0.05, 0) is 37.7 Å². The van der Waals surface area contributed by atoms with Crippen molar-refractivity contribution in [3.05, 3.63) is 29.8 Å². The quantitative estimate of drug-likeness (QED) is 0.770. The van der Waals surface area contributed by atoms with Gasteiger partial charge in [-0.2, -0.15) is 11.8 Å². The van der Waals surface area contributed by atoms with E-state index in [9.17, 15) is 8.42 Å². The molecule has 0 bridgehead atoms. The lowest BCUT2D eigenvalue weighted by molar-refractivity contribution is 0.568. The lowest BCUT2D eigenvalue weighted by Gasteiger charge is -2.15. The molecule has 20 heavy (non-hydrogen) atoms. The largest absolute Gasteiger partial charge is 0.310 e. The van der Waals surface area contributed by atoms with Crippen LogP contribution in [0.1, 0.15) is 25.3 Å². The first-order valence-corrected chi connectivity index (χ1v) is 9.73. The molecule has 0 aromatic heterocycles. The van der Waals surface area contributed by atoms with Crippen molar-refractivity contribution in [3.63, 3.8) is 0 Å². The maximum absolute atomic E-state index is 12.5. The highest BCUT2D eigenvalue weighted by Gasteiger charge is 2.23. The summed E-state index contributed by atoms with van der Waals surface area (Å²) < 4.78 is 27.6. The second kappa shape index (κ2) is 6.93. The van der Waals surface area contributed by atoms with Gasteiger partial charge in [0.05, 0.1) is 4.90 Å². The van der Waals surface area contributed by atoms with E-state index in [-0.39, 0.29) is 6.04 Å². The monoisotopic (exact) mass is 314 g/mol. The molecule has 0 amide bonds. The lowest BCUT2D eigenvalue weighted by atomic mass is 10.2. The van der Waals surface area contributed by atoms with Gasteiger partial charge in [0.2, 0.25) is 10.0 Å². The predicted molar refractivity (Wildman–Crippen MR) is 84.5 cm³/mol. The third kappa shape index (κ3) is 4.48. The standard InChI is InChI=1S/C14H22N2O2S2/c1-11(10-19-2)16-20(17,18)14-6-4-3-5-12(14)9-15-13-7-8-13/h3-6,11,13,15-16H,7-10H2,1-2H3. The van der Waals surface area contributed by atoms with Crippen LogP contribution in [0.2, 0.25) is 0 Å². The van der Waals surface area contributed by atoms with Crippen molar-refractivity contribution in [1.29, 1.82) is 0 Å². The van der Waals surface area contributed by atoms with Crippen LogP contribution < -0.4 is 10.0 Å². The first-order valence-electron chi connectivity index (χ1n) is 6.85. The fourth-order valence-corrected chi connectivity index (χ4v) is 4.24. The summed E-state index contributed by atoms with van der Waals surface area (Å²) in [7, 11) is -3.44. The van der Waals surface area contributed by atoms with Crippen LogP contribution in [-0.4, -0.2) is 32.5 Å². The molecule has 4 nitrogen and oxygen atoms in total. The average Bonchev–Trinajstić information content (AvgIpc) is 3.20. The van der Waals surface area contributed by atoms with Gasteiger partial charge in [-0.1, -0.05) is 18.2 Å². The molecule has 1 aliphatic rings. The summed E-state index contributed by atoms with van der Waals surface area (Å²) in [5.41, 5.74) is 0.836. The van der Waals surface area contributed by atoms with Crippen molar-refractivity contribution in [2.45, 2.75) is 43.3 Å². The van der Waals surface area contributed by atoms with Crippen molar-refractivity contribution in [2.75, 3.05) is 12.0 Å². The minimum absolute atomic E-state index is 0.0700. The molecular formula is C14H22N2O2S2. The Kier molecular flexibility index (Phi) is 5.49. The van der Waals surface area contributed by atoms with Gasteiger partial charge in [0.15, 0.2) is 0 Å². The Morgan fingerprint density at radius 1 is 1.35 bits per heavy atom. The van der Waals surface area contributed by atoms with Crippen LogP contribution in [0.4, 0.5) is 0 Å². The third-order valence-corrected chi connectivity index (χ3v) is 5.72. The molecule has 112 valence electrons. The second-order valence-corrected chi connectivity index (χ2v) is 7.83. The van der Waals surface area contributed by atoms with E-state index in [1.54, 1.807) is 23.9 Å². The summed E-state index contributed by atoms with van der Waals surface area (Å²) in [5, 5.41) is 3.37. The van der Waals surface area contributed by atoms with E-state index in [1.165, 1.54) is 12.8 Å². The molecule has 1 fully saturated rings. The Hall–Kier alpha value is -0.560. The van der Waals surface area contributed by atoms with Crippen molar-refractivity contribution in [3.8, 4) is 0 Å². The van der Waals surface area contributed by atoms with Crippen LogP contribution in [0.15, 0.2) is 29.2 Å². The van der Waals surface area contributed by atoms with Gasteiger partial charge < -0.3 is 5.32 Å². The van der Waals surface area contributed by atoms with Gasteiger partial charge in [0.1, 0.15) is 0 Å². The van der Waals surface area contributed by atoms with E-state index >= 15 is 0 Å². The maximum atomic E-state index is 12.5. The zero-order valence-corrected chi connectivity index (χ0v) is 13.6. The number of sulfonamides is 1. The molecule has 1 aromatic rings. The topological polar surface area (TPSA) is 58.2 Å². The second-order valence-electron chi connectivity index (χ2n) is 5.24. The zero-order valence-electron chi connectivity index (χ0n) is 11.9. The molecule has 0 heterocycles. The van der Waals surface area contributed by atoms with E-state index in [2.05, 4.69) is 10.0 Å². The van der Waals surface area contributed by atoms with E-state index in [0.29, 0.717) is 17.5 Å². The number of hydrogen-bond acceptors (Lipinski definition) is 4. The van der Waals surface area contributed by atoms with Crippen molar-refractivity contribution >= 4 is 21.8 Å². The molecule has 1 aromatic carbocycles. The Morgan fingerprint density at radius 2 is 2.05 bits per heavy atom. The van der Waals surface area contributed by atoms with Crippen molar-refractivity contribution in [2.24, 2.45) is 0 Å². The maximum Gasteiger partial charge on any atom is 0.241 e. The fourth-order valence-electron chi connectivity index (χ4n) is 2.07. The highest BCUT2D eigenvalue weighted by Crippen LogP contribution is 2.21. The van der Waals surface area contributed by atoms with Gasteiger partial charge in [-0.25, -0.2) is 13.1 Å². The summed E-state index contributed by atoms with van der Waals surface area (Å²) in [6, 6.07) is 7.71. The Balaban J connectivity index is 2.12. The Bertz CT molecular complexity index is 542. The van der Waals surface area contributed by atoms with Crippen LogP contribution in [0.25, 0.3) is 0 Å². The Morgan fingerprint density at radius 3 is 2.70 bits per heavy atom. The molecule has 0 aliphatic heterocycles. The van der Waals surface area contributed by atoms with Crippen LogP contribution >= 0.6 is 11.8 Å². The van der Waals surface area contributed by atoms with Gasteiger partial charge in [-0.3, -0.25) is 0 Å². The number of benzene rings is 1. The van der Waals surface area contributed by atoms with Crippen LogP contribution in [0.3, 0.4) is 0 Å². The van der Waals surface area contributed by atoms with E-state index in [4.69, 9.17) is 0 Å². The summed E-state index contributed by atoms with van der Waals surface area (Å²) >= 11 is 1.63. The van der Waals surface area contributed by atoms with Crippen LogP contribution in [0, 0.1) is 0 Å². The van der Waals surface area contributed by atoms with Crippen LogP contribution in [0.5, 0.6) is 0 Å². The first-order chi connectivity index (χ1) is 9.53. The number of nitrogens with one attached hydrogen (secondary N) is 2. The normalized spacial score (nSPS) is 17.1. The molecule has 1 saturated carbocycles. The number of rotatable bonds is 8. The molecule has 2 N–H and O–H groups in total. The van der Waals surface area contributed by atoms with Crippen molar-refractivity contribution < 1.29 is 8.42 Å². The van der Waals surface area contributed by atoms with Gasteiger partial charge >= 0.3 is 0 Å². The molecule has 2 rings (SSSR count). The lowest BCUT2D eigenvalue weighted by Crippen LogP contribution is -2.35. The first kappa shape index (κ1) is 15.8. The molecular weight excluding hydrogens is 292 g/mol. The third-order valence-electron chi connectivity index (χ3n) is 3.19. The highest BCUT2D eigenvalue weighted by molar-refractivity contribution is 7.98. The summed E-state index contributed by atoms with van der Waals surface area (Å²) in [5.74, 6) is 0.766. The van der Waals surface area contributed by atoms with Gasteiger partial charge in [0, 0.05) is 24.4 Å². The van der Waals surface area contributed by atoms with Gasteiger partial charge in [-0.15, -0.1) is 0 Å².